The molecular formula is C30H24N6O2. The van der Waals surface area contributed by atoms with Gasteiger partial charge in [-0.15, -0.1) is 0 Å². The molecular weight excluding hydrogens is 476 g/mol. The van der Waals surface area contributed by atoms with Crippen molar-refractivity contribution >= 4 is 17.4 Å². The molecule has 2 heterocycles. The minimum Gasteiger partial charge on any atom is -0.383 e. The van der Waals surface area contributed by atoms with E-state index in [0.717, 1.165) is 22.3 Å². The smallest absolute Gasteiger partial charge is 0.284 e. The number of carbonyl (C=O) groups excluding carboxylic acids is 1. The molecule has 0 aliphatic heterocycles. The van der Waals surface area contributed by atoms with Crippen LogP contribution in [0.15, 0.2) is 95.9 Å². The maximum Gasteiger partial charge on any atom is 0.284 e. The van der Waals surface area contributed by atoms with Crippen LogP contribution in [0.3, 0.4) is 0 Å². The average molecular weight is 501 g/mol. The largest absolute Gasteiger partial charge is 0.383 e. The predicted octanol–water partition coefficient (Wildman–Crippen LogP) is 4.92. The summed E-state index contributed by atoms with van der Waals surface area (Å²) in [4.78, 5) is 30.6. The first-order valence-electron chi connectivity index (χ1n) is 11.9. The van der Waals surface area contributed by atoms with E-state index in [0.29, 0.717) is 28.5 Å². The van der Waals surface area contributed by atoms with Gasteiger partial charge in [-0.3, -0.25) is 14.3 Å². The van der Waals surface area contributed by atoms with Crippen molar-refractivity contribution in [3.05, 3.63) is 118 Å². The molecule has 0 saturated heterocycles. The summed E-state index contributed by atoms with van der Waals surface area (Å²) in [6, 6.07) is 27.7. The highest BCUT2D eigenvalue weighted by molar-refractivity contribution is 6.05. The van der Waals surface area contributed by atoms with Gasteiger partial charge < -0.3 is 11.1 Å². The third kappa shape index (κ3) is 4.45. The van der Waals surface area contributed by atoms with E-state index in [9.17, 15) is 9.59 Å². The molecule has 0 aliphatic carbocycles. The second kappa shape index (κ2) is 9.91. The molecule has 1 amide bonds. The highest BCUT2D eigenvalue weighted by Gasteiger charge is 2.22. The summed E-state index contributed by atoms with van der Waals surface area (Å²) in [6.07, 6.45) is 1.69. The van der Waals surface area contributed by atoms with Gasteiger partial charge >= 0.3 is 0 Å². The number of para-hydroxylation sites is 1. The summed E-state index contributed by atoms with van der Waals surface area (Å²) in [5.74, 6) is -0.102. The van der Waals surface area contributed by atoms with Crippen molar-refractivity contribution in [1.82, 2.24) is 14.3 Å². The van der Waals surface area contributed by atoms with Crippen molar-refractivity contribution < 1.29 is 4.79 Å². The lowest BCUT2D eigenvalue weighted by atomic mass is 10.00. The summed E-state index contributed by atoms with van der Waals surface area (Å²) < 4.78 is 3.15. The number of hydrogen-bond donors (Lipinski definition) is 2. The molecule has 0 unspecified atom stereocenters. The number of nitrogen functional groups attached to an aromatic ring is 1. The zero-order valence-electron chi connectivity index (χ0n) is 20.8. The van der Waals surface area contributed by atoms with Gasteiger partial charge in [-0.2, -0.15) is 5.26 Å². The number of benzene rings is 3. The zero-order chi connectivity index (χ0) is 26.8. The van der Waals surface area contributed by atoms with Crippen LogP contribution in [0.2, 0.25) is 0 Å². The number of nitrogens with two attached hydrogens (primary N) is 1. The molecule has 0 spiro atoms. The Hall–Kier alpha value is -5.42. The summed E-state index contributed by atoms with van der Waals surface area (Å²) >= 11 is 0. The number of aromatic nitrogens is 3. The SMILES string of the molecule is Cc1c(C(=O)Nc2ccc(-c3cc(-c4ccc(C#N)cc4)cnc3N)cc2)c(=O)n(-c2ccccc2)n1C. The van der Waals surface area contributed by atoms with Crippen molar-refractivity contribution in [3.8, 4) is 34.0 Å². The summed E-state index contributed by atoms with van der Waals surface area (Å²) in [6.45, 7) is 1.75. The highest BCUT2D eigenvalue weighted by atomic mass is 16.2. The van der Waals surface area contributed by atoms with Gasteiger partial charge in [-0.1, -0.05) is 42.5 Å². The third-order valence-electron chi connectivity index (χ3n) is 6.50. The monoisotopic (exact) mass is 500 g/mol. The van der Waals surface area contributed by atoms with E-state index < -0.39 is 5.91 Å². The topological polar surface area (TPSA) is 119 Å². The third-order valence-corrected chi connectivity index (χ3v) is 6.50. The minimum atomic E-state index is -0.477. The molecule has 3 N–H and O–H groups in total. The molecule has 0 aliphatic rings. The molecule has 38 heavy (non-hydrogen) atoms. The lowest BCUT2D eigenvalue weighted by molar-refractivity contribution is 0.102. The van der Waals surface area contributed by atoms with E-state index in [1.54, 1.807) is 49.1 Å². The Morgan fingerprint density at radius 2 is 1.61 bits per heavy atom. The Balaban J connectivity index is 1.40. The molecule has 8 nitrogen and oxygen atoms in total. The first-order valence-corrected chi connectivity index (χ1v) is 11.9. The Morgan fingerprint density at radius 3 is 2.26 bits per heavy atom. The molecule has 5 rings (SSSR count). The number of nitrogens with zero attached hydrogens (tertiary/aromatic N) is 4. The maximum atomic E-state index is 13.1. The van der Waals surface area contributed by atoms with E-state index in [4.69, 9.17) is 11.0 Å². The normalized spacial score (nSPS) is 10.7. The van der Waals surface area contributed by atoms with E-state index in [1.165, 1.54) is 4.68 Å². The van der Waals surface area contributed by atoms with Gasteiger partial charge in [0.15, 0.2) is 0 Å². The maximum absolute atomic E-state index is 13.1. The van der Waals surface area contributed by atoms with Crippen LogP contribution in [0.5, 0.6) is 0 Å². The molecule has 0 atom stereocenters. The lowest BCUT2D eigenvalue weighted by Gasteiger charge is -2.10. The standard InChI is InChI=1S/C30H24N6O2/c1-19-27(30(38)36(35(19)2)25-6-4-3-5-7-25)29(37)34-24-14-12-22(13-15-24)26-16-23(18-33-28(26)32)21-10-8-20(17-31)9-11-21/h3-16,18H,1-2H3,(H2,32,33)(H,34,37). The van der Waals surface area contributed by atoms with Gasteiger partial charge in [-0.05, 0) is 60.5 Å². The number of hydrogen-bond acceptors (Lipinski definition) is 5. The van der Waals surface area contributed by atoms with E-state index >= 15 is 0 Å². The summed E-state index contributed by atoms with van der Waals surface area (Å²) in [7, 11) is 1.75. The summed E-state index contributed by atoms with van der Waals surface area (Å²) in [5.41, 5.74) is 11.6. The number of anilines is 2. The first kappa shape index (κ1) is 24.3. The van der Waals surface area contributed by atoms with Crippen LogP contribution < -0.4 is 16.6 Å². The fourth-order valence-corrected chi connectivity index (χ4v) is 4.36. The number of pyridine rings is 1. The number of rotatable bonds is 5. The molecule has 0 saturated carbocycles. The quantitative estimate of drug-likeness (QED) is 0.355. The van der Waals surface area contributed by atoms with Crippen molar-refractivity contribution in [2.75, 3.05) is 11.1 Å². The fourth-order valence-electron chi connectivity index (χ4n) is 4.36. The van der Waals surface area contributed by atoms with E-state index in [-0.39, 0.29) is 11.1 Å². The molecule has 2 aromatic heterocycles. The van der Waals surface area contributed by atoms with Crippen LogP contribution in [-0.2, 0) is 7.05 Å². The van der Waals surface area contributed by atoms with Crippen LogP contribution in [0, 0.1) is 18.3 Å². The van der Waals surface area contributed by atoms with Gasteiger partial charge in [0.05, 0.1) is 23.0 Å². The molecule has 0 fully saturated rings. The second-order valence-electron chi connectivity index (χ2n) is 8.81. The zero-order valence-corrected chi connectivity index (χ0v) is 20.8. The first-order chi connectivity index (χ1) is 18.4. The summed E-state index contributed by atoms with van der Waals surface area (Å²) in [5, 5.41) is 11.9. The van der Waals surface area contributed by atoms with Crippen LogP contribution in [0.25, 0.3) is 27.9 Å². The fraction of sp³-hybridized carbons (Fsp3) is 0.0667. The van der Waals surface area contributed by atoms with Crippen molar-refractivity contribution in [3.63, 3.8) is 0 Å². The van der Waals surface area contributed by atoms with Crippen molar-refractivity contribution in [2.45, 2.75) is 6.92 Å². The number of nitriles is 1. The van der Waals surface area contributed by atoms with E-state index in [2.05, 4.69) is 16.4 Å². The molecule has 8 heteroatoms. The molecule has 0 radical (unpaired) electrons. The molecule has 186 valence electrons. The molecule has 5 aromatic rings. The number of nitrogens with one attached hydrogen (secondary N) is 1. The Bertz CT molecular complexity index is 1740. The predicted molar refractivity (Wildman–Crippen MR) is 148 cm³/mol. The Kier molecular flexibility index (Phi) is 6.33. The van der Waals surface area contributed by atoms with Crippen LogP contribution in [0.4, 0.5) is 11.5 Å². The Labute approximate surface area is 219 Å². The van der Waals surface area contributed by atoms with Crippen LogP contribution >= 0.6 is 0 Å². The highest BCUT2D eigenvalue weighted by Crippen LogP contribution is 2.30. The van der Waals surface area contributed by atoms with Crippen LogP contribution in [0.1, 0.15) is 21.6 Å². The Morgan fingerprint density at radius 1 is 0.947 bits per heavy atom. The average Bonchev–Trinajstić information content (AvgIpc) is 3.17. The molecule has 3 aromatic carbocycles. The van der Waals surface area contributed by atoms with Gasteiger partial charge in [0, 0.05) is 30.1 Å². The van der Waals surface area contributed by atoms with Gasteiger partial charge in [-0.25, -0.2) is 9.67 Å². The van der Waals surface area contributed by atoms with Gasteiger partial charge in [0.1, 0.15) is 11.4 Å². The van der Waals surface area contributed by atoms with Gasteiger partial charge in [0.2, 0.25) is 0 Å². The number of carbonyl (C=O) groups is 1. The van der Waals surface area contributed by atoms with E-state index in [1.807, 2.05) is 60.7 Å². The number of amides is 1. The van der Waals surface area contributed by atoms with Crippen molar-refractivity contribution in [2.24, 2.45) is 7.05 Å². The van der Waals surface area contributed by atoms with Crippen LogP contribution in [-0.4, -0.2) is 20.3 Å². The van der Waals surface area contributed by atoms with Gasteiger partial charge in [0.25, 0.3) is 11.5 Å². The molecule has 0 bridgehead atoms. The minimum absolute atomic E-state index is 0.0870. The van der Waals surface area contributed by atoms with Crippen molar-refractivity contribution in [1.29, 1.82) is 5.26 Å². The lowest BCUT2D eigenvalue weighted by Crippen LogP contribution is -2.25. The second-order valence-corrected chi connectivity index (χ2v) is 8.81.